The Bertz CT molecular complexity index is 623. The lowest BCUT2D eigenvalue weighted by Crippen LogP contribution is -2.05. The molecule has 0 heterocycles. The predicted octanol–water partition coefficient (Wildman–Crippen LogP) is 3.35. The summed E-state index contributed by atoms with van der Waals surface area (Å²) in [6.45, 7) is 0. The van der Waals surface area contributed by atoms with E-state index >= 15 is 0 Å². The maximum atomic E-state index is 12.2. The van der Waals surface area contributed by atoms with Crippen molar-refractivity contribution in [1.82, 2.24) is 0 Å². The zero-order valence-electron chi connectivity index (χ0n) is 9.88. The highest BCUT2D eigenvalue weighted by Crippen LogP contribution is 2.18. The quantitative estimate of drug-likeness (QED) is 0.941. The predicted molar refractivity (Wildman–Crippen MR) is 75.0 cm³/mol. The van der Waals surface area contributed by atoms with Gasteiger partial charge in [-0.2, -0.15) is 0 Å². The molecule has 0 radical (unpaired) electrons. The van der Waals surface area contributed by atoms with E-state index in [0.29, 0.717) is 9.92 Å². The van der Waals surface area contributed by atoms with Crippen LogP contribution >= 0.6 is 11.6 Å². The largest absolute Gasteiger partial charge is 0.478 e. The van der Waals surface area contributed by atoms with Gasteiger partial charge in [-0.1, -0.05) is 35.9 Å². The SMILES string of the molecule is O=C(O)c1ccccc1S(=O)Cc1ccc(Cl)cc1. The van der Waals surface area contributed by atoms with Crippen molar-refractivity contribution in [3.63, 3.8) is 0 Å². The molecule has 2 aromatic carbocycles. The first-order valence-electron chi connectivity index (χ1n) is 5.53. The summed E-state index contributed by atoms with van der Waals surface area (Å²) in [4.78, 5) is 11.4. The monoisotopic (exact) mass is 294 g/mol. The van der Waals surface area contributed by atoms with E-state index in [-0.39, 0.29) is 11.3 Å². The van der Waals surface area contributed by atoms with Crippen molar-refractivity contribution in [3.8, 4) is 0 Å². The van der Waals surface area contributed by atoms with Gasteiger partial charge in [0, 0.05) is 5.02 Å². The van der Waals surface area contributed by atoms with E-state index in [9.17, 15) is 9.00 Å². The molecule has 0 amide bonds. The second kappa shape index (κ2) is 5.99. The molecule has 2 rings (SSSR count). The van der Waals surface area contributed by atoms with Crippen LogP contribution in [0.4, 0.5) is 0 Å². The minimum absolute atomic E-state index is 0.0785. The number of aromatic carboxylic acids is 1. The van der Waals surface area contributed by atoms with Crippen LogP contribution in [0, 0.1) is 0 Å². The summed E-state index contributed by atoms with van der Waals surface area (Å²) in [6, 6.07) is 13.3. The van der Waals surface area contributed by atoms with Gasteiger partial charge < -0.3 is 5.11 Å². The summed E-state index contributed by atoms with van der Waals surface area (Å²) >= 11 is 5.78. The van der Waals surface area contributed by atoms with Crippen LogP contribution in [0.5, 0.6) is 0 Å². The third-order valence-electron chi connectivity index (χ3n) is 2.57. The molecule has 1 unspecified atom stereocenters. The van der Waals surface area contributed by atoms with Crippen molar-refractivity contribution < 1.29 is 14.1 Å². The van der Waals surface area contributed by atoms with E-state index in [2.05, 4.69) is 0 Å². The number of carboxylic acids is 1. The number of halogens is 1. The van der Waals surface area contributed by atoms with Gasteiger partial charge in [0.05, 0.1) is 27.0 Å². The maximum absolute atomic E-state index is 12.2. The topological polar surface area (TPSA) is 54.4 Å². The van der Waals surface area contributed by atoms with Gasteiger partial charge in [-0.05, 0) is 29.8 Å². The lowest BCUT2D eigenvalue weighted by Gasteiger charge is -2.06. The second-order valence-corrected chi connectivity index (χ2v) is 5.77. The number of carbonyl (C=O) groups is 1. The molecule has 0 aliphatic heterocycles. The fraction of sp³-hybridized carbons (Fsp3) is 0.0714. The molecule has 0 fully saturated rings. The molecule has 1 atom stereocenters. The average Bonchev–Trinajstić information content (AvgIpc) is 2.41. The molecule has 0 spiro atoms. The average molecular weight is 295 g/mol. The Labute approximate surface area is 118 Å². The van der Waals surface area contributed by atoms with E-state index in [1.54, 1.807) is 42.5 Å². The van der Waals surface area contributed by atoms with Gasteiger partial charge in [0.25, 0.3) is 0 Å². The zero-order chi connectivity index (χ0) is 13.8. The van der Waals surface area contributed by atoms with Gasteiger partial charge >= 0.3 is 5.97 Å². The van der Waals surface area contributed by atoms with Crippen molar-refractivity contribution in [2.45, 2.75) is 10.6 Å². The Morgan fingerprint density at radius 3 is 2.37 bits per heavy atom. The van der Waals surface area contributed by atoms with Crippen molar-refractivity contribution in [3.05, 3.63) is 64.7 Å². The molecule has 0 aliphatic carbocycles. The standard InChI is InChI=1S/C14H11ClO3S/c15-11-7-5-10(6-8-11)9-19(18)13-4-2-1-3-12(13)14(16)17/h1-8H,9H2,(H,16,17). The van der Waals surface area contributed by atoms with Crippen molar-refractivity contribution in [1.29, 1.82) is 0 Å². The Balaban J connectivity index is 2.25. The van der Waals surface area contributed by atoms with Crippen LogP contribution in [0.25, 0.3) is 0 Å². The minimum Gasteiger partial charge on any atom is -0.478 e. The molecule has 2 aromatic rings. The first-order valence-corrected chi connectivity index (χ1v) is 7.23. The Hall–Kier alpha value is -1.65. The molecule has 0 aromatic heterocycles. The smallest absolute Gasteiger partial charge is 0.336 e. The van der Waals surface area contributed by atoms with Crippen LogP contribution < -0.4 is 0 Å². The zero-order valence-corrected chi connectivity index (χ0v) is 11.4. The molecule has 1 N–H and O–H groups in total. The summed E-state index contributed by atoms with van der Waals surface area (Å²) in [5.41, 5.74) is 0.928. The summed E-state index contributed by atoms with van der Waals surface area (Å²) in [5.74, 6) is -0.804. The fourth-order valence-corrected chi connectivity index (χ4v) is 3.06. The van der Waals surface area contributed by atoms with Gasteiger partial charge in [0.2, 0.25) is 0 Å². The number of benzene rings is 2. The van der Waals surface area contributed by atoms with Gasteiger partial charge in [0.15, 0.2) is 0 Å². The normalized spacial score (nSPS) is 12.1. The first-order chi connectivity index (χ1) is 9.08. The molecule has 0 saturated carbocycles. The second-order valence-electron chi connectivity index (χ2n) is 3.92. The highest BCUT2D eigenvalue weighted by atomic mass is 35.5. The summed E-state index contributed by atoms with van der Waals surface area (Å²) in [6.07, 6.45) is 0. The minimum atomic E-state index is -1.40. The molecule has 5 heteroatoms. The van der Waals surface area contributed by atoms with E-state index in [4.69, 9.17) is 16.7 Å². The molecule has 3 nitrogen and oxygen atoms in total. The van der Waals surface area contributed by atoms with Gasteiger partial charge in [-0.25, -0.2) is 4.79 Å². The van der Waals surface area contributed by atoms with Gasteiger partial charge in [-0.15, -0.1) is 0 Å². The Kier molecular flexibility index (Phi) is 4.35. The van der Waals surface area contributed by atoms with Crippen LogP contribution in [0.2, 0.25) is 5.02 Å². The molecule has 19 heavy (non-hydrogen) atoms. The third-order valence-corrected chi connectivity index (χ3v) is 4.27. The number of carboxylic acid groups (broad SMARTS) is 1. The molecule has 0 saturated heterocycles. The summed E-state index contributed by atoms with van der Waals surface area (Å²) in [5, 5.41) is 9.68. The van der Waals surface area contributed by atoms with E-state index in [0.717, 1.165) is 5.56 Å². The highest BCUT2D eigenvalue weighted by Gasteiger charge is 2.14. The van der Waals surface area contributed by atoms with Crippen LogP contribution in [0.1, 0.15) is 15.9 Å². The first kappa shape index (κ1) is 13.8. The van der Waals surface area contributed by atoms with E-state index in [1.165, 1.54) is 6.07 Å². The number of hydrogen-bond donors (Lipinski definition) is 1. The molecular weight excluding hydrogens is 284 g/mol. The highest BCUT2D eigenvalue weighted by molar-refractivity contribution is 7.84. The lowest BCUT2D eigenvalue weighted by atomic mass is 10.2. The summed E-state index contributed by atoms with van der Waals surface area (Å²) in [7, 11) is -1.40. The van der Waals surface area contributed by atoms with E-state index < -0.39 is 16.8 Å². The number of rotatable bonds is 4. The van der Waals surface area contributed by atoms with Crippen molar-refractivity contribution in [2.24, 2.45) is 0 Å². The van der Waals surface area contributed by atoms with Crippen LogP contribution in [-0.2, 0) is 16.6 Å². The number of hydrogen-bond acceptors (Lipinski definition) is 2. The summed E-state index contributed by atoms with van der Waals surface area (Å²) < 4.78 is 12.2. The van der Waals surface area contributed by atoms with Crippen molar-refractivity contribution >= 4 is 28.4 Å². The van der Waals surface area contributed by atoms with Gasteiger partial charge in [0.1, 0.15) is 0 Å². The Morgan fingerprint density at radius 2 is 1.74 bits per heavy atom. The van der Waals surface area contributed by atoms with E-state index in [1.807, 2.05) is 0 Å². The van der Waals surface area contributed by atoms with Crippen LogP contribution in [0.3, 0.4) is 0 Å². The van der Waals surface area contributed by atoms with Gasteiger partial charge in [-0.3, -0.25) is 4.21 Å². The Morgan fingerprint density at radius 1 is 1.11 bits per heavy atom. The molecule has 0 aliphatic rings. The lowest BCUT2D eigenvalue weighted by molar-refractivity contribution is 0.0693. The van der Waals surface area contributed by atoms with Crippen LogP contribution in [-0.4, -0.2) is 15.3 Å². The third kappa shape index (κ3) is 3.43. The van der Waals surface area contributed by atoms with Crippen molar-refractivity contribution in [2.75, 3.05) is 0 Å². The molecule has 0 bridgehead atoms. The fourth-order valence-electron chi connectivity index (χ4n) is 1.65. The molecular formula is C14H11ClO3S. The van der Waals surface area contributed by atoms with Crippen LogP contribution in [0.15, 0.2) is 53.4 Å². The maximum Gasteiger partial charge on any atom is 0.336 e. The molecule has 98 valence electrons.